The maximum Gasteiger partial charge on any atom is 0.255 e. The summed E-state index contributed by atoms with van der Waals surface area (Å²) < 4.78 is 5.70. The van der Waals surface area contributed by atoms with E-state index in [9.17, 15) is 9.90 Å². The average Bonchev–Trinajstić information content (AvgIpc) is 2.59. The van der Waals surface area contributed by atoms with E-state index < -0.39 is 0 Å². The molecule has 2 N–H and O–H groups in total. The lowest BCUT2D eigenvalue weighted by Crippen LogP contribution is -2.28. The standard InChI is InChI=1S/C18H16N2O3/c21-15-8-2-1-7-14(15)18(22)20-11-12-23-16-9-3-5-13-6-4-10-19-17(13)16/h1-10,21H,11-12H2,(H,20,22). The van der Waals surface area contributed by atoms with Crippen LogP contribution in [0.15, 0.2) is 60.8 Å². The Balaban J connectivity index is 1.57. The summed E-state index contributed by atoms with van der Waals surface area (Å²) in [6.45, 7) is 0.644. The highest BCUT2D eigenvalue weighted by Gasteiger charge is 2.09. The number of rotatable bonds is 5. The van der Waals surface area contributed by atoms with Gasteiger partial charge >= 0.3 is 0 Å². The Hall–Kier alpha value is -3.08. The van der Waals surface area contributed by atoms with Crippen molar-refractivity contribution in [1.82, 2.24) is 10.3 Å². The fourth-order valence-corrected chi connectivity index (χ4v) is 2.28. The SMILES string of the molecule is O=C(NCCOc1cccc2cccnc12)c1ccccc1O. The van der Waals surface area contributed by atoms with Crippen molar-refractivity contribution in [2.75, 3.05) is 13.2 Å². The molecule has 0 aliphatic carbocycles. The number of benzene rings is 2. The van der Waals surface area contributed by atoms with Gasteiger partial charge in [0.1, 0.15) is 23.6 Å². The first-order chi connectivity index (χ1) is 11.3. The number of fused-ring (bicyclic) bond motifs is 1. The molecule has 1 amide bonds. The first-order valence-corrected chi connectivity index (χ1v) is 7.28. The van der Waals surface area contributed by atoms with E-state index in [-0.39, 0.29) is 17.2 Å². The smallest absolute Gasteiger partial charge is 0.255 e. The normalized spacial score (nSPS) is 10.4. The molecule has 0 aliphatic rings. The van der Waals surface area contributed by atoms with Gasteiger partial charge in [0.15, 0.2) is 0 Å². The summed E-state index contributed by atoms with van der Waals surface area (Å²) in [5.41, 5.74) is 1.04. The van der Waals surface area contributed by atoms with Crippen LogP contribution >= 0.6 is 0 Å². The van der Waals surface area contributed by atoms with E-state index in [1.165, 1.54) is 6.07 Å². The van der Waals surface area contributed by atoms with E-state index in [4.69, 9.17) is 4.74 Å². The van der Waals surface area contributed by atoms with Gasteiger partial charge in [0.05, 0.1) is 12.1 Å². The van der Waals surface area contributed by atoms with Crippen LogP contribution in [0.2, 0.25) is 0 Å². The second-order valence-corrected chi connectivity index (χ2v) is 4.95. The van der Waals surface area contributed by atoms with Crippen molar-refractivity contribution in [2.24, 2.45) is 0 Å². The number of pyridine rings is 1. The number of phenols is 1. The first kappa shape index (κ1) is 14.8. The largest absolute Gasteiger partial charge is 0.507 e. The van der Waals surface area contributed by atoms with Gasteiger partial charge in [-0.05, 0) is 24.3 Å². The quantitative estimate of drug-likeness (QED) is 0.711. The van der Waals surface area contributed by atoms with Crippen LogP contribution in [0, 0.1) is 0 Å². The van der Waals surface area contributed by atoms with Crippen LogP contribution in [0.3, 0.4) is 0 Å². The number of hydrogen-bond donors (Lipinski definition) is 2. The highest BCUT2D eigenvalue weighted by Crippen LogP contribution is 2.22. The van der Waals surface area contributed by atoms with Crippen molar-refractivity contribution in [3.05, 3.63) is 66.4 Å². The summed E-state index contributed by atoms with van der Waals surface area (Å²) >= 11 is 0. The van der Waals surface area contributed by atoms with Gasteiger partial charge in [-0.1, -0.05) is 30.3 Å². The predicted molar refractivity (Wildman–Crippen MR) is 87.7 cm³/mol. The lowest BCUT2D eigenvalue weighted by molar-refractivity contribution is 0.0944. The molecule has 116 valence electrons. The summed E-state index contributed by atoms with van der Waals surface area (Å²) in [7, 11) is 0. The zero-order valence-corrected chi connectivity index (χ0v) is 12.4. The van der Waals surface area contributed by atoms with Crippen molar-refractivity contribution in [1.29, 1.82) is 0 Å². The second kappa shape index (κ2) is 6.79. The molecule has 0 aliphatic heterocycles. The summed E-state index contributed by atoms with van der Waals surface area (Å²) in [5.74, 6) is 0.312. The van der Waals surface area contributed by atoms with Crippen LogP contribution in [0.1, 0.15) is 10.4 Å². The second-order valence-electron chi connectivity index (χ2n) is 4.95. The van der Waals surface area contributed by atoms with Crippen molar-refractivity contribution in [2.45, 2.75) is 0 Å². The fraction of sp³-hybridized carbons (Fsp3) is 0.111. The summed E-state index contributed by atoms with van der Waals surface area (Å²) in [6, 6.07) is 16.0. The van der Waals surface area contributed by atoms with Gasteiger partial charge in [-0.15, -0.1) is 0 Å². The first-order valence-electron chi connectivity index (χ1n) is 7.28. The summed E-state index contributed by atoms with van der Waals surface area (Å²) in [4.78, 5) is 16.3. The molecule has 0 bridgehead atoms. The van der Waals surface area contributed by atoms with Gasteiger partial charge in [0, 0.05) is 11.6 Å². The Kier molecular flexibility index (Phi) is 4.38. The van der Waals surface area contributed by atoms with Crippen LogP contribution in [0.4, 0.5) is 0 Å². The fourth-order valence-electron chi connectivity index (χ4n) is 2.28. The number of amides is 1. The Morgan fingerprint density at radius 2 is 1.91 bits per heavy atom. The van der Waals surface area contributed by atoms with E-state index in [0.29, 0.717) is 18.9 Å². The Labute approximate surface area is 133 Å². The summed E-state index contributed by atoms with van der Waals surface area (Å²) in [5, 5.41) is 13.4. The van der Waals surface area contributed by atoms with E-state index in [0.717, 1.165) is 10.9 Å². The number of carbonyl (C=O) groups excluding carboxylic acids is 1. The van der Waals surface area contributed by atoms with Crippen LogP contribution < -0.4 is 10.1 Å². The van der Waals surface area contributed by atoms with E-state index in [2.05, 4.69) is 10.3 Å². The van der Waals surface area contributed by atoms with Gasteiger partial charge in [-0.3, -0.25) is 9.78 Å². The Morgan fingerprint density at radius 3 is 2.78 bits per heavy atom. The molecule has 1 heterocycles. The third-order valence-corrected chi connectivity index (χ3v) is 3.39. The van der Waals surface area contributed by atoms with Crippen LogP contribution in [0.25, 0.3) is 10.9 Å². The molecule has 0 radical (unpaired) electrons. The minimum atomic E-state index is -0.331. The van der Waals surface area contributed by atoms with Gasteiger partial charge < -0.3 is 15.2 Å². The number of phenolic OH excluding ortho intramolecular Hbond substituents is 1. The average molecular weight is 308 g/mol. The number of aromatic hydroxyl groups is 1. The zero-order chi connectivity index (χ0) is 16.1. The molecule has 23 heavy (non-hydrogen) atoms. The highest BCUT2D eigenvalue weighted by atomic mass is 16.5. The molecule has 1 aromatic heterocycles. The molecule has 0 spiro atoms. The predicted octanol–water partition coefficient (Wildman–Crippen LogP) is 2.75. The van der Waals surface area contributed by atoms with E-state index in [1.807, 2.05) is 30.3 Å². The zero-order valence-electron chi connectivity index (χ0n) is 12.4. The number of hydrogen-bond acceptors (Lipinski definition) is 4. The number of carbonyl (C=O) groups is 1. The molecule has 5 heteroatoms. The van der Waals surface area contributed by atoms with Crippen molar-refractivity contribution >= 4 is 16.8 Å². The van der Waals surface area contributed by atoms with Crippen molar-refractivity contribution < 1.29 is 14.6 Å². The molecule has 0 atom stereocenters. The van der Waals surface area contributed by atoms with E-state index >= 15 is 0 Å². The lowest BCUT2D eigenvalue weighted by atomic mass is 10.2. The minimum Gasteiger partial charge on any atom is -0.507 e. The lowest BCUT2D eigenvalue weighted by Gasteiger charge is -2.10. The van der Waals surface area contributed by atoms with Crippen molar-refractivity contribution in [3.63, 3.8) is 0 Å². The summed E-state index contributed by atoms with van der Waals surface area (Å²) in [6.07, 6.45) is 1.72. The molecule has 0 saturated carbocycles. The molecular weight excluding hydrogens is 292 g/mol. The van der Waals surface area contributed by atoms with Crippen molar-refractivity contribution in [3.8, 4) is 11.5 Å². The number of ether oxygens (including phenoxy) is 1. The van der Waals surface area contributed by atoms with Gasteiger partial charge in [-0.25, -0.2) is 0 Å². The van der Waals surface area contributed by atoms with E-state index in [1.54, 1.807) is 24.4 Å². The number of aromatic nitrogens is 1. The highest BCUT2D eigenvalue weighted by molar-refractivity contribution is 5.96. The molecule has 3 rings (SSSR count). The maximum atomic E-state index is 12.0. The number of para-hydroxylation sites is 2. The molecular formula is C18H16N2O3. The molecule has 0 saturated heterocycles. The molecule has 5 nitrogen and oxygen atoms in total. The molecule has 2 aromatic carbocycles. The number of nitrogens with zero attached hydrogens (tertiary/aromatic N) is 1. The van der Waals surface area contributed by atoms with Crippen LogP contribution in [0.5, 0.6) is 11.5 Å². The third kappa shape index (κ3) is 3.40. The molecule has 0 fully saturated rings. The van der Waals surface area contributed by atoms with Gasteiger partial charge in [0.2, 0.25) is 0 Å². The maximum absolute atomic E-state index is 12.0. The monoisotopic (exact) mass is 308 g/mol. The van der Waals surface area contributed by atoms with Crippen LogP contribution in [-0.2, 0) is 0 Å². The Morgan fingerprint density at radius 1 is 1.09 bits per heavy atom. The van der Waals surface area contributed by atoms with Crippen LogP contribution in [-0.4, -0.2) is 29.1 Å². The third-order valence-electron chi connectivity index (χ3n) is 3.39. The molecule has 0 unspecified atom stereocenters. The minimum absolute atomic E-state index is 0.0378. The van der Waals surface area contributed by atoms with Gasteiger partial charge in [-0.2, -0.15) is 0 Å². The number of nitrogens with one attached hydrogen (secondary N) is 1. The van der Waals surface area contributed by atoms with Gasteiger partial charge in [0.25, 0.3) is 5.91 Å². The topological polar surface area (TPSA) is 71.5 Å². The Bertz CT molecular complexity index is 828. The molecule has 3 aromatic rings.